The molecule has 0 aliphatic heterocycles. The smallest absolute Gasteiger partial charge is 0.303 e. The number of carboxylic acid groups (broad SMARTS) is 1. The summed E-state index contributed by atoms with van der Waals surface area (Å²) in [5, 5.41) is 10.9. The molecule has 0 bridgehead atoms. The summed E-state index contributed by atoms with van der Waals surface area (Å²) in [6.45, 7) is 9.81. The van der Waals surface area contributed by atoms with Crippen LogP contribution in [-0.4, -0.2) is 72.0 Å². The van der Waals surface area contributed by atoms with Gasteiger partial charge < -0.3 is 14.9 Å². The third kappa shape index (κ3) is 8.82. The second kappa shape index (κ2) is 14.3. The summed E-state index contributed by atoms with van der Waals surface area (Å²) in [5.74, 6) is -3.41. The van der Waals surface area contributed by atoms with Crippen LogP contribution in [0.4, 0.5) is 0 Å². The fraction of sp³-hybridized carbons (Fsp3) is 0.552. The summed E-state index contributed by atoms with van der Waals surface area (Å²) in [7, 11) is -3.91. The predicted octanol–water partition coefficient (Wildman–Crippen LogP) is 4.76. The molecule has 0 heterocycles. The van der Waals surface area contributed by atoms with Crippen LogP contribution in [0.25, 0.3) is 10.8 Å². The van der Waals surface area contributed by atoms with Gasteiger partial charge in [-0.15, -0.1) is 0 Å². The number of benzene rings is 2. The van der Waals surface area contributed by atoms with Gasteiger partial charge in [-0.1, -0.05) is 50.1 Å². The van der Waals surface area contributed by atoms with E-state index in [0.29, 0.717) is 13.0 Å². The highest BCUT2D eigenvalue weighted by molar-refractivity contribution is 7.91. The van der Waals surface area contributed by atoms with Crippen molar-refractivity contribution in [3.05, 3.63) is 42.5 Å². The van der Waals surface area contributed by atoms with Crippen molar-refractivity contribution in [3.8, 4) is 0 Å². The molecule has 2 aromatic rings. The van der Waals surface area contributed by atoms with Crippen molar-refractivity contribution in [2.75, 3.05) is 18.8 Å². The molecule has 210 valence electrons. The number of unbranched alkanes of at least 4 members (excludes halogenated alkanes) is 2. The first-order valence-electron chi connectivity index (χ1n) is 13.4. The van der Waals surface area contributed by atoms with Crippen LogP contribution < -0.4 is 0 Å². The fourth-order valence-electron chi connectivity index (χ4n) is 4.79. The van der Waals surface area contributed by atoms with Crippen molar-refractivity contribution in [2.45, 2.75) is 83.7 Å². The van der Waals surface area contributed by atoms with E-state index >= 15 is 0 Å². The quantitative estimate of drug-likeness (QED) is 0.323. The zero-order chi connectivity index (χ0) is 28.5. The molecule has 1 N–H and O–H groups in total. The first-order chi connectivity index (χ1) is 17.9. The number of hydrogen-bond donors (Lipinski definition) is 1. The summed E-state index contributed by atoms with van der Waals surface area (Å²) >= 11 is 0. The Morgan fingerprint density at radius 2 is 1.55 bits per heavy atom. The van der Waals surface area contributed by atoms with Gasteiger partial charge in [0.25, 0.3) is 0 Å². The number of carbonyl (C=O) groups is 3. The molecule has 9 heteroatoms. The van der Waals surface area contributed by atoms with Crippen molar-refractivity contribution < 1.29 is 27.9 Å². The molecule has 1 atom stereocenters. The molecule has 1 unspecified atom stereocenters. The number of amides is 2. The van der Waals surface area contributed by atoms with E-state index in [0.717, 1.165) is 23.6 Å². The van der Waals surface area contributed by atoms with Crippen LogP contribution in [0, 0.1) is 5.92 Å². The Balaban J connectivity index is 2.37. The SMILES string of the molecule is CCCCCN(CC(=O)N(C(C)C)C(C)C)C(=O)C(CCC(=O)O)CS(=O)(=O)c1ccc2ccccc2c1. The Hall–Kier alpha value is -2.94. The minimum Gasteiger partial charge on any atom is -0.481 e. The molecule has 0 aromatic heterocycles. The number of rotatable bonds is 15. The molecule has 38 heavy (non-hydrogen) atoms. The van der Waals surface area contributed by atoms with Gasteiger partial charge in [0.05, 0.1) is 23.1 Å². The number of nitrogens with zero attached hydrogens (tertiary/aromatic N) is 2. The Morgan fingerprint density at radius 1 is 0.921 bits per heavy atom. The standard InChI is InChI=1S/C29H42N2O6S/c1-6-7-10-17-30(19-27(32)31(21(2)3)22(4)5)29(35)25(14-16-28(33)34)20-38(36,37)26-15-13-23-11-8-9-12-24(23)18-26/h8-9,11-13,15,18,21-22,25H,6-7,10,14,16-17,19-20H2,1-5H3,(H,33,34). The minimum absolute atomic E-state index is 0.0637. The lowest BCUT2D eigenvalue weighted by atomic mass is 10.0. The van der Waals surface area contributed by atoms with Crippen molar-refractivity contribution in [1.82, 2.24) is 9.80 Å². The van der Waals surface area contributed by atoms with Crippen molar-refractivity contribution in [1.29, 1.82) is 0 Å². The van der Waals surface area contributed by atoms with Crippen molar-refractivity contribution in [2.24, 2.45) is 5.92 Å². The van der Waals surface area contributed by atoms with Crippen molar-refractivity contribution in [3.63, 3.8) is 0 Å². The molecule has 0 saturated carbocycles. The lowest BCUT2D eigenvalue weighted by molar-refractivity contribution is -0.145. The lowest BCUT2D eigenvalue weighted by Crippen LogP contribution is -2.50. The maximum Gasteiger partial charge on any atom is 0.303 e. The van der Waals surface area contributed by atoms with Gasteiger partial charge in [-0.3, -0.25) is 14.4 Å². The van der Waals surface area contributed by atoms with Gasteiger partial charge in [-0.05, 0) is 63.4 Å². The zero-order valence-electron chi connectivity index (χ0n) is 23.2. The summed E-state index contributed by atoms with van der Waals surface area (Å²) in [6, 6.07) is 12.1. The third-order valence-electron chi connectivity index (χ3n) is 6.63. The summed E-state index contributed by atoms with van der Waals surface area (Å²) < 4.78 is 26.9. The molecule has 2 rings (SSSR count). The molecule has 0 aliphatic carbocycles. The topological polar surface area (TPSA) is 112 Å². The molecular weight excluding hydrogens is 504 g/mol. The number of carboxylic acids is 1. The highest BCUT2D eigenvalue weighted by atomic mass is 32.2. The molecule has 8 nitrogen and oxygen atoms in total. The highest BCUT2D eigenvalue weighted by Gasteiger charge is 2.33. The second-order valence-corrected chi connectivity index (χ2v) is 12.4. The zero-order valence-corrected chi connectivity index (χ0v) is 24.0. The van der Waals surface area contributed by atoms with E-state index in [9.17, 15) is 27.9 Å². The van der Waals surface area contributed by atoms with E-state index in [1.54, 1.807) is 17.0 Å². The van der Waals surface area contributed by atoms with Crippen LogP contribution in [0.15, 0.2) is 47.4 Å². The Kier molecular flexibility index (Phi) is 11.8. The van der Waals surface area contributed by atoms with Gasteiger partial charge in [0.15, 0.2) is 9.84 Å². The van der Waals surface area contributed by atoms with Gasteiger partial charge in [0.1, 0.15) is 0 Å². The number of carbonyl (C=O) groups excluding carboxylic acids is 2. The number of hydrogen-bond acceptors (Lipinski definition) is 5. The average molecular weight is 547 g/mol. The van der Waals surface area contributed by atoms with E-state index in [-0.39, 0.29) is 42.3 Å². The predicted molar refractivity (Wildman–Crippen MR) is 150 cm³/mol. The largest absolute Gasteiger partial charge is 0.481 e. The Bertz CT molecular complexity index is 1200. The molecule has 0 radical (unpaired) electrons. The summed E-state index contributed by atoms with van der Waals surface area (Å²) in [6.07, 6.45) is 1.97. The van der Waals surface area contributed by atoms with E-state index < -0.39 is 33.4 Å². The molecule has 0 saturated heterocycles. The highest BCUT2D eigenvalue weighted by Crippen LogP contribution is 2.24. The summed E-state index contributed by atoms with van der Waals surface area (Å²) in [4.78, 5) is 41.6. The normalized spacial score (nSPS) is 12.6. The Morgan fingerprint density at radius 3 is 2.13 bits per heavy atom. The van der Waals surface area contributed by atoms with Gasteiger partial charge in [0, 0.05) is 25.0 Å². The Labute approximate surface area is 226 Å². The second-order valence-electron chi connectivity index (χ2n) is 10.4. The molecule has 2 amide bonds. The average Bonchev–Trinajstić information content (AvgIpc) is 2.84. The van der Waals surface area contributed by atoms with Crippen LogP contribution in [0.2, 0.25) is 0 Å². The molecular formula is C29H42N2O6S. The maximum absolute atomic E-state index is 13.8. The number of aliphatic carboxylic acids is 1. The lowest BCUT2D eigenvalue weighted by Gasteiger charge is -2.34. The molecule has 0 aliphatic rings. The van der Waals surface area contributed by atoms with E-state index in [1.807, 2.05) is 58.9 Å². The monoisotopic (exact) mass is 546 g/mol. The van der Waals surface area contributed by atoms with Crippen LogP contribution in [0.3, 0.4) is 0 Å². The molecule has 0 spiro atoms. The van der Waals surface area contributed by atoms with Gasteiger partial charge >= 0.3 is 5.97 Å². The van der Waals surface area contributed by atoms with Crippen LogP contribution in [0.5, 0.6) is 0 Å². The van der Waals surface area contributed by atoms with Crippen LogP contribution in [0.1, 0.15) is 66.7 Å². The first-order valence-corrected chi connectivity index (χ1v) is 15.1. The van der Waals surface area contributed by atoms with E-state index in [4.69, 9.17) is 0 Å². The van der Waals surface area contributed by atoms with Crippen LogP contribution in [-0.2, 0) is 24.2 Å². The van der Waals surface area contributed by atoms with Gasteiger partial charge in [-0.2, -0.15) is 0 Å². The fourth-order valence-corrected chi connectivity index (χ4v) is 6.41. The van der Waals surface area contributed by atoms with Gasteiger partial charge in [-0.25, -0.2) is 8.42 Å². The maximum atomic E-state index is 13.8. The third-order valence-corrected chi connectivity index (χ3v) is 8.44. The van der Waals surface area contributed by atoms with Crippen LogP contribution >= 0.6 is 0 Å². The number of sulfone groups is 1. The van der Waals surface area contributed by atoms with E-state index in [2.05, 4.69) is 0 Å². The van der Waals surface area contributed by atoms with Crippen molar-refractivity contribution >= 4 is 38.4 Å². The number of fused-ring (bicyclic) bond motifs is 1. The van der Waals surface area contributed by atoms with Gasteiger partial charge in [0.2, 0.25) is 11.8 Å². The molecule has 2 aromatic carbocycles. The summed E-state index contributed by atoms with van der Waals surface area (Å²) in [5.41, 5.74) is 0. The minimum atomic E-state index is -3.91. The molecule has 0 fully saturated rings. The van der Waals surface area contributed by atoms with E-state index in [1.165, 1.54) is 11.0 Å². The first kappa shape index (κ1) is 31.3.